The number of hydrogen-bond donors (Lipinski definition) is 2. The van der Waals surface area contributed by atoms with E-state index in [1.54, 1.807) is 0 Å². The highest BCUT2D eigenvalue weighted by Gasteiger charge is 2.69. The minimum atomic E-state index is -1.84. The molecule has 3 aliphatic rings. The predicted octanol–water partition coefficient (Wildman–Crippen LogP) is 2.81. The summed E-state index contributed by atoms with van der Waals surface area (Å²) >= 11 is 0. The van der Waals surface area contributed by atoms with Crippen LogP contribution >= 0.6 is 0 Å². The zero-order chi connectivity index (χ0) is 13.1. The van der Waals surface area contributed by atoms with Crippen LogP contribution in [0.1, 0.15) is 64.2 Å². The lowest BCUT2D eigenvalue weighted by Crippen LogP contribution is -2.71. The van der Waals surface area contributed by atoms with Gasteiger partial charge in [-0.3, -0.25) is 0 Å². The van der Waals surface area contributed by atoms with Crippen LogP contribution in [0.3, 0.4) is 0 Å². The normalized spacial score (nSPS) is 56.7. The Bertz CT molecular complexity index is 298. The molecule has 0 amide bonds. The number of hydrogen-bond acceptors (Lipinski definition) is 2. The molecule has 4 atom stereocenters. The summed E-state index contributed by atoms with van der Waals surface area (Å²) in [6.45, 7) is 0. The maximum Gasteiger partial charge on any atom is 0.142 e. The molecular weight excluding hydrogens is 238 g/mol. The fraction of sp³-hybridized carbons (Fsp3) is 1.00. The van der Waals surface area contributed by atoms with Crippen LogP contribution in [0.5, 0.6) is 0 Å². The van der Waals surface area contributed by atoms with Gasteiger partial charge in [0.15, 0.2) is 0 Å². The molecule has 18 heavy (non-hydrogen) atoms. The maximum atomic E-state index is 15.0. The summed E-state index contributed by atoms with van der Waals surface area (Å²) in [7, 11) is 0. The van der Waals surface area contributed by atoms with Crippen molar-refractivity contribution in [2.45, 2.75) is 86.7 Å². The van der Waals surface area contributed by atoms with Gasteiger partial charge in [-0.1, -0.05) is 25.7 Å². The highest BCUT2D eigenvalue weighted by atomic mass is 19.2. The summed E-state index contributed by atoms with van der Waals surface area (Å²) in [6, 6.07) is 0. The minimum Gasteiger partial charge on any atom is -0.386 e. The molecule has 0 unspecified atom stereocenters. The second-order valence-corrected chi connectivity index (χ2v) is 6.76. The fourth-order valence-corrected chi connectivity index (χ4v) is 4.49. The molecule has 3 rings (SSSR count). The largest absolute Gasteiger partial charge is 0.386 e. The Labute approximate surface area is 106 Å². The lowest BCUT2D eigenvalue weighted by Gasteiger charge is -2.60. The van der Waals surface area contributed by atoms with Crippen molar-refractivity contribution in [3.8, 4) is 0 Å². The molecule has 0 heterocycles. The van der Waals surface area contributed by atoms with Crippen LogP contribution in [0.4, 0.5) is 8.78 Å². The van der Waals surface area contributed by atoms with E-state index < -0.39 is 22.5 Å². The third-order valence-corrected chi connectivity index (χ3v) is 5.64. The van der Waals surface area contributed by atoms with Crippen molar-refractivity contribution in [2.24, 2.45) is 0 Å². The SMILES string of the molecule is O[C@@]12CCCC[C@@]1(F)C[C@@]1(F)CCCC[C@]1(O)C2. The second kappa shape index (κ2) is 3.66. The quantitative estimate of drug-likeness (QED) is 0.703. The molecule has 0 spiro atoms. The molecule has 0 aromatic carbocycles. The first kappa shape index (κ1) is 12.8. The lowest BCUT2D eigenvalue weighted by molar-refractivity contribution is -0.267. The van der Waals surface area contributed by atoms with Gasteiger partial charge in [0.2, 0.25) is 0 Å². The Kier molecular flexibility index (Phi) is 2.60. The Morgan fingerprint density at radius 1 is 0.611 bits per heavy atom. The zero-order valence-corrected chi connectivity index (χ0v) is 10.7. The van der Waals surface area contributed by atoms with E-state index in [2.05, 4.69) is 0 Å². The van der Waals surface area contributed by atoms with Gasteiger partial charge >= 0.3 is 0 Å². The molecule has 0 aliphatic heterocycles. The van der Waals surface area contributed by atoms with Crippen LogP contribution in [-0.4, -0.2) is 32.8 Å². The van der Waals surface area contributed by atoms with E-state index >= 15 is 0 Å². The zero-order valence-electron chi connectivity index (χ0n) is 10.7. The highest BCUT2D eigenvalue weighted by molar-refractivity contribution is 5.20. The number of aliphatic hydroxyl groups is 2. The number of fused-ring (bicyclic) bond motifs is 2. The molecule has 0 saturated heterocycles. The van der Waals surface area contributed by atoms with E-state index in [-0.39, 0.29) is 25.7 Å². The van der Waals surface area contributed by atoms with E-state index in [0.717, 1.165) is 12.8 Å². The minimum absolute atomic E-state index is 0.132. The molecule has 0 aromatic heterocycles. The molecular formula is C14H22F2O2. The lowest BCUT2D eigenvalue weighted by atomic mass is 9.53. The van der Waals surface area contributed by atoms with Gasteiger partial charge in [0, 0.05) is 12.8 Å². The van der Waals surface area contributed by atoms with Crippen LogP contribution in [0.15, 0.2) is 0 Å². The summed E-state index contributed by atoms with van der Waals surface area (Å²) < 4.78 is 30.0. The van der Waals surface area contributed by atoms with Crippen LogP contribution in [0.25, 0.3) is 0 Å². The van der Waals surface area contributed by atoms with Crippen molar-refractivity contribution in [3.05, 3.63) is 0 Å². The van der Waals surface area contributed by atoms with Gasteiger partial charge < -0.3 is 10.2 Å². The van der Waals surface area contributed by atoms with Gasteiger partial charge in [0.05, 0.1) is 0 Å². The van der Waals surface area contributed by atoms with Crippen LogP contribution in [0, 0.1) is 0 Å². The van der Waals surface area contributed by atoms with Crippen molar-refractivity contribution in [1.82, 2.24) is 0 Å². The standard InChI is InChI=1S/C14H22F2O2/c15-11-5-1-3-7-13(11,17)10-14(18)8-4-2-6-12(14,16)9-11/h17-18H,1-10H2/t11-,12+,13-,14+. The van der Waals surface area contributed by atoms with Crippen molar-refractivity contribution in [1.29, 1.82) is 0 Å². The first-order chi connectivity index (χ1) is 8.33. The third-order valence-electron chi connectivity index (χ3n) is 5.64. The number of rotatable bonds is 0. The van der Waals surface area contributed by atoms with Crippen molar-refractivity contribution >= 4 is 0 Å². The van der Waals surface area contributed by atoms with Gasteiger partial charge in [0.1, 0.15) is 22.5 Å². The average Bonchev–Trinajstić information content (AvgIpc) is 2.27. The van der Waals surface area contributed by atoms with E-state index in [9.17, 15) is 19.0 Å². The molecule has 2 N–H and O–H groups in total. The maximum absolute atomic E-state index is 15.0. The van der Waals surface area contributed by atoms with Crippen LogP contribution < -0.4 is 0 Å². The highest BCUT2D eigenvalue weighted by Crippen LogP contribution is 2.60. The van der Waals surface area contributed by atoms with Gasteiger partial charge in [0.25, 0.3) is 0 Å². The molecule has 0 radical (unpaired) electrons. The van der Waals surface area contributed by atoms with Crippen molar-refractivity contribution in [2.75, 3.05) is 0 Å². The Hall–Kier alpha value is -0.220. The first-order valence-electron chi connectivity index (χ1n) is 7.15. The van der Waals surface area contributed by atoms with Crippen LogP contribution in [0.2, 0.25) is 0 Å². The van der Waals surface area contributed by atoms with E-state index in [1.165, 1.54) is 0 Å². The molecule has 3 saturated carbocycles. The topological polar surface area (TPSA) is 40.5 Å². The Balaban J connectivity index is 1.98. The van der Waals surface area contributed by atoms with Crippen molar-refractivity contribution in [3.63, 3.8) is 0 Å². The first-order valence-corrected chi connectivity index (χ1v) is 7.15. The van der Waals surface area contributed by atoms with E-state index in [1.807, 2.05) is 0 Å². The summed E-state index contributed by atoms with van der Waals surface area (Å²) in [4.78, 5) is 0. The molecule has 2 nitrogen and oxygen atoms in total. The summed E-state index contributed by atoms with van der Waals surface area (Å²) in [5.74, 6) is 0. The Morgan fingerprint density at radius 3 is 1.44 bits per heavy atom. The van der Waals surface area contributed by atoms with E-state index in [0.29, 0.717) is 25.7 Å². The van der Waals surface area contributed by atoms with Gasteiger partial charge in [-0.2, -0.15) is 0 Å². The van der Waals surface area contributed by atoms with Gasteiger partial charge in [-0.15, -0.1) is 0 Å². The molecule has 3 fully saturated rings. The molecule has 3 aliphatic carbocycles. The smallest absolute Gasteiger partial charge is 0.142 e. The van der Waals surface area contributed by atoms with Gasteiger partial charge in [-0.05, 0) is 25.7 Å². The van der Waals surface area contributed by atoms with Crippen LogP contribution in [-0.2, 0) is 0 Å². The molecule has 4 heteroatoms. The van der Waals surface area contributed by atoms with Crippen molar-refractivity contribution < 1.29 is 19.0 Å². The summed E-state index contributed by atoms with van der Waals surface area (Å²) in [5, 5.41) is 21.1. The average molecular weight is 260 g/mol. The van der Waals surface area contributed by atoms with Gasteiger partial charge in [-0.25, -0.2) is 8.78 Å². The fourth-order valence-electron chi connectivity index (χ4n) is 4.49. The Morgan fingerprint density at radius 2 is 1.00 bits per heavy atom. The summed E-state index contributed by atoms with van der Waals surface area (Å²) in [5.41, 5.74) is -6.73. The molecule has 0 aromatic rings. The number of alkyl halides is 2. The molecule has 104 valence electrons. The third kappa shape index (κ3) is 1.51. The second-order valence-electron chi connectivity index (χ2n) is 6.76. The summed E-state index contributed by atoms with van der Waals surface area (Å²) in [6.07, 6.45) is 3.62. The van der Waals surface area contributed by atoms with E-state index in [4.69, 9.17) is 0 Å². The predicted molar refractivity (Wildman–Crippen MR) is 63.7 cm³/mol. The molecule has 0 bridgehead atoms. The number of halogens is 2. The monoisotopic (exact) mass is 260 g/mol.